The van der Waals surface area contributed by atoms with Crippen LogP contribution < -0.4 is 11.1 Å². The molecular formula is C12H24N2. The van der Waals surface area contributed by atoms with Crippen LogP contribution in [0.25, 0.3) is 0 Å². The average Bonchev–Trinajstić information content (AvgIpc) is 2.72. The van der Waals surface area contributed by atoms with Gasteiger partial charge in [0.2, 0.25) is 0 Å². The molecule has 3 N–H and O–H groups in total. The fraction of sp³-hybridized carbons (Fsp3) is 1.00. The van der Waals surface area contributed by atoms with Gasteiger partial charge in [0.15, 0.2) is 0 Å². The van der Waals surface area contributed by atoms with Crippen molar-refractivity contribution in [3.8, 4) is 0 Å². The van der Waals surface area contributed by atoms with Crippen molar-refractivity contribution in [2.45, 2.75) is 51.0 Å². The smallest absolute Gasteiger partial charge is 0.00702 e. The maximum Gasteiger partial charge on any atom is 0.00702 e. The molecule has 0 bridgehead atoms. The Morgan fingerprint density at radius 2 is 1.93 bits per heavy atom. The van der Waals surface area contributed by atoms with Crippen LogP contribution in [0.1, 0.15) is 44.9 Å². The molecule has 14 heavy (non-hydrogen) atoms. The van der Waals surface area contributed by atoms with Crippen molar-refractivity contribution in [3.05, 3.63) is 0 Å². The van der Waals surface area contributed by atoms with Crippen LogP contribution in [0.2, 0.25) is 0 Å². The van der Waals surface area contributed by atoms with Crippen molar-refractivity contribution in [1.29, 1.82) is 0 Å². The monoisotopic (exact) mass is 196 g/mol. The van der Waals surface area contributed by atoms with E-state index in [0.717, 1.165) is 11.8 Å². The molecule has 2 aliphatic rings. The van der Waals surface area contributed by atoms with Gasteiger partial charge in [0.05, 0.1) is 0 Å². The van der Waals surface area contributed by atoms with E-state index in [4.69, 9.17) is 5.73 Å². The first-order valence-electron chi connectivity index (χ1n) is 6.32. The third kappa shape index (κ3) is 2.71. The number of piperidine rings is 1. The second-order valence-corrected chi connectivity index (χ2v) is 5.16. The maximum atomic E-state index is 6.28. The molecule has 1 saturated carbocycles. The maximum absolute atomic E-state index is 6.28. The van der Waals surface area contributed by atoms with Crippen molar-refractivity contribution in [1.82, 2.24) is 5.32 Å². The van der Waals surface area contributed by atoms with Gasteiger partial charge in [-0.2, -0.15) is 0 Å². The van der Waals surface area contributed by atoms with Gasteiger partial charge in [-0.05, 0) is 57.0 Å². The Balaban J connectivity index is 1.72. The summed E-state index contributed by atoms with van der Waals surface area (Å²) < 4.78 is 0. The minimum atomic E-state index is 0.488. The molecule has 1 aliphatic carbocycles. The van der Waals surface area contributed by atoms with Gasteiger partial charge in [0.1, 0.15) is 0 Å². The minimum absolute atomic E-state index is 0.488. The van der Waals surface area contributed by atoms with Gasteiger partial charge < -0.3 is 11.1 Å². The van der Waals surface area contributed by atoms with Crippen molar-refractivity contribution < 1.29 is 0 Å². The lowest BCUT2D eigenvalue weighted by molar-refractivity contribution is 0.294. The van der Waals surface area contributed by atoms with Crippen molar-refractivity contribution in [2.75, 3.05) is 13.1 Å². The topological polar surface area (TPSA) is 38.0 Å². The van der Waals surface area contributed by atoms with Crippen LogP contribution >= 0.6 is 0 Å². The first-order chi connectivity index (χ1) is 6.86. The number of hydrogen-bond donors (Lipinski definition) is 2. The zero-order valence-electron chi connectivity index (χ0n) is 9.17. The predicted octanol–water partition coefficient (Wildman–Crippen LogP) is 1.89. The van der Waals surface area contributed by atoms with E-state index in [-0.39, 0.29) is 0 Å². The van der Waals surface area contributed by atoms with E-state index in [2.05, 4.69) is 5.32 Å². The summed E-state index contributed by atoms with van der Waals surface area (Å²) in [6, 6.07) is 0.488. The molecule has 0 aromatic carbocycles. The summed E-state index contributed by atoms with van der Waals surface area (Å²) in [4.78, 5) is 0. The van der Waals surface area contributed by atoms with Crippen molar-refractivity contribution in [3.63, 3.8) is 0 Å². The Morgan fingerprint density at radius 1 is 1.14 bits per heavy atom. The van der Waals surface area contributed by atoms with E-state index in [1.807, 2.05) is 0 Å². The van der Waals surface area contributed by atoms with Crippen molar-refractivity contribution in [2.24, 2.45) is 17.6 Å². The Kier molecular flexibility index (Phi) is 3.82. The molecule has 0 aromatic heterocycles. The van der Waals surface area contributed by atoms with Gasteiger partial charge in [-0.15, -0.1) is 0 Å². The first-order valence-corrected chi connectivity index (χ1v) is 6.32. The van der Waals surface area contributed by atoms with Crippen LogP contribution in [-0.2, 0) is 0 Å². The first kappa shape index (κ1) is 10.4. The van der Waals surface area contributed by atoms with Gasteiger partial charge in [0.25, 0.3) is 0 Å². The van der Waals surface area contributed by atoms with Crippen LogP contribution in [0.15, 0.2) is 0 Å². The molecule has 0 spiro atoms. The number of rotatable bonds is 3. The minimum Gasteiger partial charge on any atom is -0.327 e. The third-order valence-electron chi connectivity index (χ3n) is 4.01. The Hall–Kier alpha value is -0.0800. The largest absolute Gasteiger partial charge is 0.327 e. The van der Waals surface area contributed by atoms with Crippen molar-refractivity contribution >= 4 is 0 Å². The van der Waals surface area contributed by atoms with Crippen LogP contribution in [0.3, 0.4) is 0 Å². The quantitative estimate of drug-likeness (QED) is 0.723. The lowest BCUT2D eigenvalue weighted by Crippen LogP contribution is -2.37. The molecule has 2 heteroatoms. The summed E-state index contributed by atoms with van der Waals surface area (Å²) >= 11 is 0. The summed E-state index contributed by atoms with van der Waals surface area (Å²) in [6.07, 6.45) is 9.62. The summed E-state index contributed by atoms with van der Waals surface area (Å²) in [6.45, 7) is 2.43. The Bertz CT molecular complexity index is 158. The van der Waals surface area contributed by atoms with Crippen LogP contribution in [0.4, 0.5) is 0 Å². The van der Waals surface area contributed by atoms with Gasteiger partial charge in [-0.25, -0.2) is 0 Å². The molecular weight excluding hydrogens is 172 g/mol. The van der Waals surface area contributed by atoms with Gasteiger partial charge >= 0.3 is 0 Å². The zero-order valence-corrected chi connectivity index (χ0v) is 9.17. The molecule has 0 radical (unpaired) electrons. The lowest BCUT2D eigenvalue weighted by Gasteiger charge is -2.28. The van der Waals surface area contributed by atoms with E-state index >= 15 is 0 Å². The molecule has 1 aliphatic heterocycles. The highest BCUT2D eigenvalue weighted by Gasteiger charge is 2.25. The molecule has 1 heterocycles. The van der Waals surface area contributed by atoms with E-state index in [1.165, 1.54) is 58.0 Å². The van der Waals surface area contributed by atoms with Gasteiger partial charge in [-0.3, -0.25) is 0 Å². The summed E-state index contributed by atoms with van der Waals surface area (Å²) in [5.41, 5.74) is 6.28. The molecule has 2 unspecified atom stereocenters. The fourth-order valence-electron chi connectivity index (χ4n) is 3.09. The van der Waals surface area contributed by atoms with Crippen LogP contribution in [0.5, 0.6) is 0 Å². The molecule has 0 amide bonds. The molecule has 82 valence electrons. The highest BCUT2D eigenvalue weighted by atomic mass is 14.9. The molecule has 2 nitrogen and oxygen atoms in total. The van der Waals surface area contributed by atoms with E-state index in [9.17, 15) is 0 Å². The van der Waals surface area contributed by atoms with Gasteiger partial charge in [-0.1, -0.05) is 12.8 Å². The highest BCUT2D eigenvalue weighted by Crippen LogP contribution is 2.30. The Labute approximate surface area is 87.6 Å². The number of nitrogens with one attached hydrogen (secondary N) is 1. The predicted molar refractivity (Wildman–Crippen MR) is 60.1 cm³/mol. The summed E-state index contributed by atoms with van der Waals surface area (Å²) in [5.74, 6) is 1.70. The van der Waals surface area contributed by atoms with E-state index in [1.54, 1.807) is 0 Å². The van der Waals surface area contributed by atoms with E-state index in [0.29, 0.717) is 6.04 Å². The molecule has 0 aromatic rings. The lowest BCUT2D eigenvalue weighted by atomic mass is 9.86. The summed E-state index contributed by atoms with van der Waals surface area (Å²) in [7, 11) is 0. The number of hydrogen-bond acceptors (Lipinski definition) is 2. The summed E-state index contributed by atoms with van der Waals surface area (Å²) in [5, 5.41) is 3.48. The molecule has 2 fully saturated rings. The highest BCUT2D eigenvalue weighted by molar-refractivity contribution is 4.81. The third-order valence-corrected chi connectivity index (χ3v) is 4.01. The molecule has 2 atom stereocenters. The zero-order chi connectivity index (χ0) is 9.80. The normalized spacial score (nSPS) is 31.9. The Morgan fingerprint density at radius 3 is 2.57 bits per heavy atom. The SMILES string of the molecule is NC(CC1CCCNC1)C1CCCC1. The molecule has 2 rings (SSSR count). The second-order valence-electron chi connectivity index (χ2n) is 5.16. The van der Waals surface area contributed by atoms with Crippen LogP contribution in [0, 0.1) is 11.8 Å². The number of nitrogens with two attached hydrogens (primary N) is 1. The van der Waals surface area contributed by atoms with Crippen LogP contribution in [-0.4, -0.2) is 19.1 Å². The fourth-order valence-corrected chi connectivity index (χ4v) is 3.09. The standard InChI is InChI=1S/C12H24N2/c13-12(11-5-1-2-6-11)8-10-4-3-7-14-9-10/h10-12,14H,1-9,13H2. The molecule has 1 saturated heterocycles. The van der Waals surface area contributed by atoms with E-state index < -0.39 is 0 Å². The van der Waals surface area contributed by atoms with Gasteiger partial charge in [0, 0.05) is 6.04 Å². The second kappa shape index (κ2) is 5.13. The average molecular weight is 196 g/mol.